The second-order valence-corrected chi connectivity index (χ2v) is 5.97. The summed E-state index contributed by atoms with van der Waals surface area (Å²) >= 11 is 1.77. The van der Waals surface area contributed by atoms with E-state index in [1.165, 1.54) is 15.3 Å². The molecule has 5 nitrogen and oxygen atoms in total. The Bertz CT molecular complexity index is 593. The fraction of sp³-hybridized carbons (Fsp3) is 0.467. The number of ether oxygens (including phenoxy) is 2. The largest absolute Gasteiger partial charge is 0.480 e. The summed E-state index contributed by atoms with van der Waals surface area (Å²) in [6.45, 7) is 7.15. The molecule has 0 radical (unpaired) electrons. The zero-order valence-electron chi connectivity index (χ0n) is 13.1. The molecule has 0 fully saturated rings. The van der Waals surface area contributed by atoms with Gasteiger partial charge in [0.15, 0.2) is 0 Å². The fourth-order valence-corrected chi connectivity index (χ4v) is 3.21. The maximum atomic E-state index is 5.38. The van der Waals surface area contributed by atoms with E-state index in [1.54, 1.807) is 31.8 Å². The molecule has 2 aromatic rings. The fourth-order valence-electron chi connectivity index (χ4n) is 2.09. The molecule has 0 bridgehead atoms. The molecule has 114 valence electrons. The molecule has 1 unspecified atom stereocenters. The molecule has 21 heavy (non-hydrogen) atoms. The number of rotatable bonds is 6. The van der Waals surface area contributed by atoms with Crippen LogP contribution in [0.25, 0.3) is 0 Å². The summed E-state index contributed by atoms with van der Waals surface area (Å²) in [6.07, 6.45) is 1.62. The van der Waals surface area contributed by atoms with E-state index in [1.807, 2.05) is 0 Å². The highest BCUT2D eigenvalue weighted by Crippen LogP contribution is 2.33. The highest BCUT2D eigenvalue weighted by Gasteiger charge is 2.23. The Kier molecular flexibility index (Phi) is 5.14. The zero-order chi connectivity index (χ0) is 15.4. The summed E-state index contributed by atoms with van der Waals surface area (Å²) in [4.78, 5) is 11.3. The Morgan fingerprint density at radius 3 is 2.57 bits per heavy atom. The standard InChI is InChI=1S/C15H21N3O2S/c1-6-16-13(11-7-9(2)10(3)21-11)14-15(20-5)18-12(19-4)8-17-14/h7-8,13,16H,6H2,1-5H3. The van der Waals surface area contributed by atoms with Gasteiger partial charge < -0.3 is 14.8 Å². The smallest absolute Gasteiger partial charge is 0.240 e. The first-order valence-electron chi connectivity index (χ1n) is 6.85. The number of aryl methyl sites for hydroxylation is 2. The second kappa shape index (κ2) is 6.87. The van der Waals surface area contributed by atoms with E-state index in [9.17, 15) is 0 Å². The van der Waals surface area contributed by atoms with Gasteiger partial charge in [0.2, 0.25) is 11.8 Å². The molecule has 1 atom stereocenters. The van der Waals surface area contributed by atoms with Crippen LogP contribution in [0.1, 0.15) is 34.0 Å². The lowest BCUT2D eigenvalue weighted by Gasteiger charge is -2.18. The zero-order valence-corrected chi connectivity index (χ0v) is 13.9. The van der Waals surface area contributed by atoms with Crippen molar-refractivity contribution in [1.82, 2.24) is 15.3 Å². The first-order chi connectivity index (χ1) is 10.1. The van der Waals surface area contributed by atoms with Crippen LogP contribution in [0.3, 0.4) is 0 Å². The van der Waals surface area contributed by atoms with Gasteiger partial charge >= 0.3 is 0 Å². The van der Waals surface area contributed by atoms with E-state index >= 15 is 0 Å². The van der Waals surface area contributed by atoms with Crippen LogP contribution in [-0.2, 0) is 0 Å². The molecule has 2 aromatic heterocycles. The first-order valence-corrected chi connectivity index (χ1v) is 7.67. The molecule has 6 heteroatoms. The molecular weight excluding hydrogens is 286 g/mol. The molecule has 0 saturated carbocycles. The minimum absolute atomic E-state index is 0.0271. The van der Waals surface area contributed by atoms with Gasteiger partial charge in [-0.15, -0.1) is 11.3 Å². The lowest BCUT2D eigenvalue weighted by Crippen LogP contribution is -2.23. The Hall–Kier alpha value is -1.66. The van der Waals surface area contributed by atoms with Crippen molar-refractivity contribution in [2.45, 2.75) is 26.8 Å². The van der Waals surface area contributed by atoms with Crippen molar-refractivity contribution >= 4 is 11.3 Å². The van der Waals surface area contributed by atoms with E-state index < -0.39 is 0 Å². The molecule has 0 aliphatic carbocycles. The van der Waals surface area contributed by atoms with E-state index in [0.29, 0.717) is 11.8 Å². The van der Waals surface area contributed by atoms with Gasteiger partial charge in [0.05, 0.1) is 26.5 Å². The SMILES string of the molecule is CCNC(c1cc(C)c(C)s1)c1ncc(OC)nc1OC. The van der Waals surface area contributed by atoms with Crippen LogP contribution in [0.2, 0.25) is 0 Å². The number of methoxy groups -OCH3 is 2. The van der Waals surface area contributed by atoms with Gasteiger partial charge in [0, 0.05) is 9.75 Å². The lowest BCUT2D eigenvalue weighted by atomic mass is 10.1. The Morgan fingerprint density at radius 2 is 2.05 bits per heavy atom. The summed E-state index contributed by atoms with van der Waals surface area (Å²) in [7, 11) is 3.16. The van der Waals surface area contributed by atoms with Crippen molar-refractivity contribution in [1.29, 1.82) is 0 Å². The molecule has 0 aliphatic heterocycles. The van der Waals surface area contributed by atoms with E-state index in [2.05, 4.69) is 42.1 Å². The predicted octanol–water partition coefficient (Wildman–Crippen LogP) is 2.87. The van der Waals surface area contributed by atoms with Crippen LogP contribution >= 0.6 is 11.3 Å². The molecule has 0 amide bonds. The molecule has 0 aromatic carbocycles. The van der Waals surface area contributed by atoms with Gasteiger partial charge in [-0.1, -0.05) is 6.92 Å². The third-order valence-electron chi connectivity index (χ3n) is 3.30. The molecule has 0 spiro atoms. The van der Waals surface area contributed by atoms with Crippen LogP contribution < -0.4 is 14.8 Å². The third kappa shape index (κ3) is 3.33. The number of aromatic nitrogens is 2. The summed E-state index contributed by atoms with van der Waals surface area (Å²) < 4.78 is 10.5. The first kappa shape index (κ1) is 15.7. The normalized spacial score (nSPS) is 12.2. The number of thiophene rings is 1. The van der Waals surface area contributed by atoms with Crippen molar-refractivity contribution in [2.24, 2.45) is 0 Å². The Labute approximate surface area is 129 Å². The van der Waals surface area contributed by atoms with E-state index in [4.69, 9.17) is 9.47 Å². The predicted molar refractivity (Wildman–Crippen MR) is 84.4 cm³/mol. The number of nitrogens with zero attached hydrogens (tertiary/aromatic N) is 2. The monoisotopic (exact) mass is 307 g/mol. The van der Waals surface area contributed by atoms with Gasteiger partial charge in [0.1, 0.15) is 5.69 Å². The topological polar surface area (TPSA) is 56.3 Å². The van der Waals surface area contributed by atoms with Gasteiger partial charge in [-0.25, -0.2) is 4.98 Å². The summed E-state index contributed by atoms with van der Waals surface area (Å²) in [5.74, 6) is 0.938. The summed E-state index contributed by atoms with van der Waals surface area (Å²) in [5.41, 5.74) is 2.07. The van der Waals surface area contributed by atoms with Crippen LogP contribution in [0.15, 0.2) is 12.3 Å². The maximum Gasteiger partial charge on any atom is 0.240 e. The van der Waals surface area contributed by atoms with Crippen LogP contribution in [0.5, 0.6) is 11.8 Å². The average molecular weight is 307 g/mol. The second-order valence-electron chi connectivity index (χ2n) is 4.69. The molecule has 2 heterocycles. The number of nitrogens with one attached hydrogen (secondary N) is 1. The van der Waals surface area contributed by atoms with Crippen molar-refractivity contribution < 1.29 is 9.47 Å². The van der Waals surface area contributed by atoms with Crippen molar-refractivity contribution in [3.8, 4) is 11.8 Å². The highest BCUT2D eigenvalue weighted by atomic mass is 32.1. The molecule has 0 saturated heterocycles. The third-order valence-corrected chi connectivity index (χ3v) is 4.52. The molecule has 1 N–H and O–H groups in total. The molecule has 2 rings (SSSR count). The molecule has 0 aliphatic rings. The highest BCUT2D eigenvalue weighted by molar-refractivity contribution is 7.12. The Morgan fingerprint density at radius 1 is 1.29 bits per heavy atom. The van der Waals surface area contributed by atoms with E-state index in [0.717, 1.165) is 12.2 Å². The van der Waals surface area contributed by atoms with Gasteiger partial charge in [-0.3, -0.25) is 0 Å². The number of hydrogen-bond donors (Lipinski definition) is 1. The average Bonchev–Trinajstić information content (AvgIpc) is 2.83. The van der Waals surface area contributed by atoms with Crippen molar-refractivity contribution in [3.63, 3.8) is 0 Å². The van der Waals surface area contributed by atoms with Gasteiger partial charge in [-0.2, -0.15) is 4.98 Å². The Balaban J connectivity index is 2.47. The summed E-state index contributed by atoms with van der Waals surface area (Å²) in [5, 5.41) is 3.46. The molecular formula is C15H21N3O2S. The van der Waals surface area contributed by atoms with Crippen LogP contribution in [0.4, 0.5) is 0 Å². The van der Waals surface area contributed by atoms with Crippen LogP contribution in [-0.4, -0.2) is 30.7 Å². The van der Waals surface area contributed by atoms with Crippen LogP contribution in [0, 0.1) is 13.8 Å². The van der Waals surface area contributed by atoms with E-state index in [-0.39, 0.29) is 6.04 Å². The maximum absolute atomic E-state index is 5.38. The minimum atomic E-state index is -0.0271. The minimum Gasteiger partial charge on any atom is -0.480 e. The van der Waals surface area contributed by atoms with Crippen molar-refractivity contribution in [3.05, 3.63) is 33.3 Å². The van der Waals surface area contributed by atoms with Crippen molar-refractivity contribution in [2.75, 3.05) is 20.8 Å². The van der Waals surface area contributed by atoms with Gasteiger partial charge in [-0.05, 0) is 32.0 Å². The summed E-state index contributed by atoms with van der Waals surface area (Å²) in [6, 6.07) is 2.17. The number of hydrogen-bond acceptors (Lipinski definition) is 6. The quantitative estimate of drug-likeness (QED) is 0.889. The lowest BCUT2D eigenvalue weighted by molar-refractivity contribution is 0.353. The van der Waals surface area contributed by atoms with Gasteiger partial charge in [0.25, 0.3) is 0 Å².